The van der Waals surface area contributed by atoms with Crippen LogP contribution in [0.2, 0.25) is 0 Å². The molecule has 2 atom stereocenters. The molecule has 0 saturated carbocycles. The number of nitrogens with one attached hydrogen (secondary N) is 1. The van der Waals surface area contributed by atoms with Gasteiger partial charge in [0.05, 0.1) is 17.6 Å². The van der Waals surface area contributed by atoms with Gasteiger partial charge in [-0.05, 0) is 64.0 Å². The van der Waals surface area contributed by atoms with E-state index in [0.717, 1.165) is 30.0 Å². The van der Waals surface area contributed by atoms with Crippen LogP contribution < -0.4 is 5.32 Å². The van der Waals surface area contributed by atoms with E-state index in [9.17, 15) is 4.79 Å². The zero-order valence-corrected chi connectivity index (χ0v) is 30.1. The topological polar surface area (TPSA) is 91.8 Å². The molecule has 2 unspecified atom stereocenters. The van der Waals surface area contributed by atoms with Gasteiger partial charge in [-0.25, -0.2) is 9.79 Å². The minimum Gasteiger partial charge on any atom is -0.682 e. The van der Waals surface area contributed by atoms with Crippen molar-refractivity contribution >= 4 is 23.8 Å². The van der Waals surface area contributed by atoms with E-state index in [4.69, 9.17) is 10.00 Å². The summed E-state index contributed by atoms with van der Waals surface area (Å²) in [6.45, 7) is 26.0. The molecule has 0 fully saturated rings. The SMILES string of the molecule is CCC(C)CC(C)(C)CC.CCC(C)[N-]c1cc(N=CN(C)C)c(C#N)cc1C.CCCNC(=O)OC(C)(C)C.[V]. The van der Waals surface area contributed by atoms with Crippen molar-refractivity contribution in [1.29, 1.82) is 5.26 Å². The maximum atomic E-state index is 10.9. The molecule has 0 aliphatic heterocycles. The number of nitriles is 1. The van der Waals surface area contributed by atoms with Crippen molar-refractivity contribution in [3.63, 3.8) is 0 Å². The van der Waals surface area contributed by atoms with Crippen molar-refractivity contribution in [3.05, 3.63) is 28.6 Å². The molecule has 1 aromatic carbocycles. The van der Waals surface area contributed by atoms with Gasteiger partial charge in [-0.3, -0.25) is 0 Å². The summed E-state index contributed by atoms with van der Waals surface area (Å²) in [4.78, 5) is 17.1. The number of carbonyl (C=O) groups is 1. The number of aryl methyl sites for hydroxylation is 1. The third-order valence-corrected chi connectivity index (χ3v) is 6.29. The minimum atomic E-state index is -0.391. The Kier molecular flexibility index (Phi) is 23.7. The van der Waals surface area contributed by atoms with Gasteiger partial charge in [0.25, 0.3) is 0 Å². The molecule has 0 saturated heterocycles. The zero-order valence-electron chi connectivity index (χ0n) is 28.7. The van der Waals surface area contributed by atoms with E-state index >= 15 is 0 Å². The van der Waals surface area contributed by atoms with Crippen molar-refractivity contribution in [3.8, 4) is 6.07 Å². The minimum absolute atomic E-state index is 0. The summed E-state index contributed by atoms with van der Waals surface area (Å²) in [5, 5.41) is 16.4. The number of hydrogen-bond donors (Lipinski definition) is 1. The van der Waals surface area contributed by atoms with E-state index in [1.54, 1.807) is 6.34 Å². The van der Waals surface area contributed by atoms with Crippen molar-refractivity contribution in [1.82, 2.24) is 10.2 Å². The zero-order chi connectivity index (χ0) is 31.5. The van der Waals surface area contributed by atoms with Gasteiger partial charge in [-0.2, -0.15) is 5.26 Å². The Morgan fingerprint density at radius 1 is 1.12 bits per heavy atom. The molecule has 0 bridgehead atoms. The molecular weight excluding hydrogens is 549 g/mol. The Morgan fingerprint density at radius 2 is 1.71 bits per heavy atom. The van der Waals surface area contributed by atoms with Gasteiger partial charge in [0.15, 0.2) is 0 Å². The van der Waals surface area contributed by atoms with E-state index in [1.807, 2.05) is 65.7 Å². The second-order valence-electron chi connectivity index (χ2n) is 12.5. The molecule has 0 aliphatic rings. The van der Waals surface area contributed by atoms with Crippen LogP contribution in [0.5, 0.6) is 0 Å². The molecule has 1 N–H and O–H groups in total. The smallest absolute Gasteiger partial charge is 0.407 e. The third-order valence-electron chi connectivity index (χ3n) is 6.29. The third kappa shape index (κ3) is 23.1. The summed E-state index contributed by atoms with van der Waals surface area (Å²) in [6.07, 6.45) is 7.29. The Hall–Kier alpha value is -2.17. The molecule has 1 aromatic rings. The Morgan fingerprint density at radius 3 is 2.12 bits per heavy atom. The van der Waals surface area contributed by atoms with Gasteiger partial charge in [-0.15, -0.1) is 11.7 Å². The standard InChI is InChI=1S/C15H21N4.C10H22.C8H17NO2.V/c1-6-12(3)18-14-8-15(17-10-19(4)5)13(9-16)7-11(14)2;1-6-9(3)8-10(4,5)7-2;1-5-6-9-7(10)11-8(2,3)4;/h7-8,10,12H,6H2,1-5H3;9H,6-8H2,1-5H3;5-6H2,1-4H3,(H,9,10);/q-1;;;. The number of amides is 1. The number of carbonyl (C=O) groups excluding carboxylic acids is 1. The van der Waals surface area contributed by atoms with Gasteiger partial charge >= 0.3 is 6.09 Å². The van der Waals surface area contributed by atoms with Crippen LogP contribution in [0, 0.1) is 29.6 Å². The molecule has 7 nitrogen and oxygen atoms in total. The number of alkyl carbamates (subject to hydrolysis) is 1. The predicted molar refractivity (Wildman–Crippen MR) is 173 cm³/mol. The monoisotopic (exact) mass is 609 g/mol. The van der Waals surface area contributed by atoms with Crippen molar-refractivity contribution in [2.75, 3.05) is 20.6 Å². The number of ether oxygens (including phenoxy) is 1. The van der Waals surface area contributed by atoms with Crippen LogP contribution in [0.3, 0.4) is 0 Å². The number of benzene rings is 1. The summed E-state index contributed by atoms with van der Waals surface area (Å²) >= 11 is 0. The average Bonchev–Trinajstić information content (AvgIpc) is 2.86. The van der Waals surface area contributed by atoms with Crippen LogP contribution in [-0.4, -0.2) is 49.6 Å². The fraction of sp³-hybridized carbons (Fsp3) is 0.727. The van der Waals surface area contributed by atoms with E-state index in [-0.39, 0.29) is 30.7 Å². The van der Waals surface area contributed by atoms with Gasteiger partial charge in [0.2, 0.25) is 0 Å². The van der Waals surface area contributed by atoms with Crippen LogP contribution in [0.15, 0.2) is 17.1 Å². The predicted octanol–water partition coefficient (Wildman–Crippen LogP) is 9.67. The van der Waals surface area contributed by atoms with E-state index in [0.29, 0.717) is 23.2 Å². The summed E-state index contributed by atoms with van der Waals surface area (Å²) in [5.41, 5.74) is 3.36. The fourth-order valence-electron chi connectivity index (χ4n) is 3.30. The summed E-state index contributed by atoms with van der Waals surface area (Å²) < 4.78 is 4.99. The Bertz CT molecular complexity index is 917. The Balaban J connectivity index is -0.000000565. The van der Waals surface area contributed by atoms with Gasteiger partial charge in [-0.1, -0.05) is 80.2 Å². The molecule has 1 radical (unpaired) electrons. The first kappa shape index (κ1) is 43.3. The molecule has 1 rings (SSSR count). The maximum Gasteiger partial charge on any atom is 0.407 e. The normalized spacial score (nSPS) is 12.3. The average molecular weight is 610 g/mol. The number of hydrogen-bond acceptors (Lipinski definition) is 4. The fourth-order valence-corrected chi connectivity index (χ4v) is 3.30. The van der Waals surface area contributed by atoms with Crippen LogP contribution in [-0.2, 0) is 23.3 Å². The van der Waals surface area contributed by atoms with Crippen LogP contribution in [0.1, 0.15) is 119 Å². The Labute approximate surface area is 265 Å². The van der Waals surface area contributed by atoms with Crippen LogP contribution in [0.25, 0.3) is 5.32 Å². The van der Waals surface area contributed by atoms with E-state index in [2.05, 4.69) is 70.2 Å². The van der Waals surface area contributed by atoms with Crippen molar-refractivity contribution in [2.24, 2.45) is 16.3 Å². The number of nitrogens with zero attached hydrogens (tertiary/aromatic N) is 4. The second-order valence-corrected chi connectivity index (χ2v) is 12.5. The van der Waals surface area contributed by atoms with Crippen molar-refractivity contribution in [2.45, 2.75) is 127 Å². The van der Waals surface area contributed by atoms with Gasteiger partial charge in [0, 0.05) is 39.2 Å². The van der Waals surface area contributed by atoms with Crippen LogP contribution >= 0.6 is 0 Å². The number of rotatable bonds is 11. The molecule has 0 heterocycles. The number of aliphatic imine (C=N–C) groups is 1. The van der Waals surface area contributed by atoms with E-state index < -0.39 is 5.60 Å². The first-order chi connectivity index (χ1) is 18.4. The molecule has 1 amide bonds. The largest absolute Gasteiger partial charge is 0.682 e. The molecular formula is C33H60N5O2V-. The molecule has 8 heteroatoms. The van der Waals surface area contributed by atoms with Gasteiger partial charge in [0.1, 0.15) is 11.7 Å². The van der Waals surface area contributed by atoms with Crippen LogP contribution in [0.4, 0.5) is 16.2 Å². The molecule has 0 aliphatic carbocycles. The second kappa shape index (κ2) is 22.4. The maximum absolute atomic E-state index is 10.9. The summed E-state index contributed by atoms with van der Waals surface area (Å²) in [6, 6.07) is 6.20. The summed E-state index contributed by atoms with van der Waals surface area (Å²) in [7, 11) is 3.79. The first-order valence-corrected chi connectivity index (χ1v) is 14.9. The quantitative estimate of drug-likeness (QED) is 0.200. The summed E-state index contributed by atoms with van der Waals surface area (Å²) in [5.74, 6) is 0.898. The molecule has 0 aromatic heterocycles. The molecule has 41 heavy (non-hydrogen) atoms. The molecule has 235 valence electrons. The molecule has 0 spiro atoms. The van der Waals surface area contributed by atoms with E-state index in [1.165, 1.54) is 19.3 Å². The van der Waals surface area contributed by atoms with Gasteiger partial charge < -0.3 is 20.3 Å². The first-order valence-electron chi connectivity index (χ1n) is 14.9. The van der Waals surface area contributed by atoms with Crippen molar-refractivity contribution < 1.29 is 28.1 Å².